The average Bonchev–Trinajstić information content (AvgIpc) is 3.79. The number of nitrogens with zero attached hydrogens (tertiary/aromatic N) is 2. The molecule has 0 saturated carbocycles. The van der Waals surface area contributed by atoms with Crippen LogP contribution in [0.3, 0.4) is 0 Å². The number of halogens is 1. The number of hydrogen-bond acceptors (Lipinski definition) is 11. The van der Waals surface area contributed by atoms with Gasteiger partial charge in [0.25, 0.3) is 0 Å². The van der Waals surface area contributed by atoms with Crippen molar-refractivity contribution in [3.8, 4) is 0 Å². The second kappa shape index (κ2) is 16.7. The first-order valence-electron chi connectivity index (χ1n) is 16.9. The maximum absolute atomic E-state index is 14.1. The maximum Gasteiger partial charge on any atom is 0.409 e. The number of alkyl carbamates (subject to hydrolysis) is 1. The van der Waals surface area contributed by atoms with E-state index in [1.165, 1.54) is 35.7 Å². The van der Waals surface area contributed by atoms with Crippen molar-refractivity contribution in [1.82, 2.24) is 10.2 Å². The topological polar surface area (TPSA) is 167 Å². The van der Waals surface area contributed by atoms with E-state index in [-0.39, 0.29) is 36.8 Å². The minimum absolute atomic E-state index is 0.0538. The largest absolute Gasteiger partial charge is 0.457 e. The summed E-state index contributed by atoms with van der Waals surface area (Å²) in [6, 6.07) is 2.57. The highest BCUT2D eigenvalue weighted by Crippen LogP contribution is 2.49. The Labute approximate surface area is 308 Å². The maximum atomic E-state index is 14.1. The lowest BCUT2D eigenvalue weighted by Crippen LogP contribution is -2.63. The van der Waals surface area contributed by atoms with E-state index in [2.05, 4.69) is 5.32 Å². The van der Waals surface area contributed by atoms with Crippen molar-refractivity contribution in [3.63, 3.8) is 0 Å². The number of amides is 3. The third kappa shape index (κ3) is 9.09. The summed E-state index contributed by atoms with van der Waals surface area (Å²) in [5, 5.41) is 24.5. The number of benzene rings is 1. The second-order valence-corrected chi connectivity index (χ2v) is 15.1. The number of anilines is 1. The molecule has 3 aliphatic heterocycles. The van der Waals surface area contributed by atoms with Gasteiger partial charge in [0.15, 0.2) is 5.72 Å². The molecule has 3 heterocycles. The van der Waals surface area contributed by atoms with Gasteiger partial charge in [0.05, 0.1) is 29.8 Å². The number of ether oxygens (including phenoxy) is 4. The van der Waals surface area contributed by atoms with Gasteiger partial charge in [-0.05, 0) is 50.6 Å². The van der Waals surface area contributed by atoms with Gasteiger partial charge in [0.1, 0.15) is 30.0 Å². The predicted octanol–water partition coefficient (Wildman–Crippen LogP) is 3.75. The summed E-state index contributed by atoms with van der Waals surface area (Å²) in [6.07, 6.45) is 2.97. The Bertz CT molecular complexity index is 1560. The Kier molecular flexibility index (Phi) is 13.3. The fraction of sp³-hybridized carbons (Fsp3) is 0.611. The molecule has 0 aromatic heterocycles. The number of carbonyl (C=O) groups excluding carboxylic acids is 4. The molecule has 3 aliphatic rings. The molecule has 2 saturated heterocycles. The van der Waals surface area contributed by atoms with E-state index >= 15 is 0 Å². The van der Waals surface area contributed by atoms with Crippen LogP contribution < -0.4 is 10.2 Å². The van der Waals surface area contributed by atoms with Crippen molar-refractivity contribution in [3.05, 3.63) is 52.1 Å². The molecule has 1 aromatic carbocycles. The van der Waals surface area contributed by atoms with Crippen LogP contribution in [-0.2, 0) is 46.4 Å². The molecule has 0 aliphatic carbocycles. The normalized spacial score (nSPS) is 32.0. The van der Waals surface area contributed by atoms with E-state index in [0.29, 0.717) is 23.4 Å². The summed E-state index contributed by atoms with van der Waals surface area (Å²) in [4.78, 5) is 55.9. The predicted molar refractivity (Wildman–Crippen MR) is 193 cm³/mol. The molecule has 1 aromatic rings. The molecule has 4 bridgehead atoms. The van der Waals surface area contributed by atoms with Crippen LogP contribution >= 0.6 is 23.4 Å². The fourth-order valence-electron chi connectivity index (χ4n) is 6.64. The molecule has 13 nitrogen and oxygen atoms in total. The molecule has 2 fully saturated rings. The molecule has 51 heavy (non-hydrogen) atoms. The molecule has 3 unspecified atom stereocenters. The van der Waals surface area contributed by atoms with Crippen molar-refractivity contribution in [2.24, 2.45) is 5.92 Å². The number of aliphatic hydroxyl groups excluding tert-OH is 1. The van der Waals surface area contributed by atoms with Gasteiger partial charge in [-0.15, -0.1) is 0 Å². The van der Waals surface area contributed by atoms with Crippen LogP contribution in [-0.4, -0.2) is 114 Å². The Balaban J connectivity index is 1.76. The Morgan fingerprint density at radius 3 is 2.65 bits per heavy atom. The van der Waals surface area contributed by atoms with Crippen LogP contribution in [0, 0.1) is 5.92 Å². The first-order valence-corrected chi connectivity index (χ1v) is 18.7. The Hall–Kier alpha value is -3.14. The van der Waals surface area contributed by atoms with E-state index in [1.807, 2.05) is 19.3 Å². The van der Waals surface area contributed by atoms with E-state index < -0.39 is 65.7 Å². The average molecular weight is 752 g/mol. The first kappa shape index (κ1) is 40.6. The van der Waals surface area contributed by atoms with Gasteiger partial charge >= 0.3 is 12.1 Å². The number of esters is 1. The molecular formula is C36H50ClN3O10S. The van der Waals surface area contributed by atoms with Gasteiger partial charge in [-0.25, -0.2) is 9.59 Å². The zero-order valence-corrected chi connectivity index (χ0v) is 32.0. The molecule has 0 spiro atoms. The summed E-state index contributed by atoms with van der Waals surface area (Å²) < 4.78 is 23.5. The molecule has 8 atom stereocenters. The number of methoxy groups -OCH3 is 1. The summed E-state index contributed by atoms with van der Waals surface area (Å²) in [7, 11) is 4.51. The van der Waals surface area contributed by atoms with Crippen LogP contribution in [0.1, 0.15) is 58.1 Å². The number of thioether (sulfide) groups is 1. The van der Waals surface area contributed by atoms with Crippen molar-refractivity contribution in [2.75, 3.05) is 38.1 Å². The van der Waals surface area contributed by atoms with Crippen LogP contribution in [0.25, 0.3) is 0 Å². The number of nitrogens with one attached hydrogen (secondary N) is 1. The van der Waals surface area contributed by atoms with Gasteiger partial charge in [0, 0.05) is 45.7 Å². The smallest absolute Gasteiger partial charge is 0.409 e. The van der Waals surface area contributed by atoms with Gasteiger partial charge in [-0.2, -0.15) is 11.8 Å². The van der Waals surface area contributed by atoms with Gasteiger partial charge in [0.2, 0.25) is 11.8 Å². The zero-order chi connectivity index (χ0) is 37.8. The highest BCUT2D eigenvalue weighted by molar-refractivity contribution is 7.98. The third-order valence-corrected chi connectivity index (χ3v) is 11.2. The van der Waals surface area contributed by atoms with E-state index in [4.69, 9.17) is 30.5 Å². The van der Waals surface area contributed by atoms with Gasteiger partial charge in [-0.1, -0.05) is 48.4 Å². The Morgan fingerprint density at radius 1 is 1.29 bits per heavy atom. The number of likely N-dealkylation sites (N-methyl/N-ethyl adjacent to an activating group) is 1. The molecule has 3 N–H and O–H groups in total. The third-order valence-electron chi connectivity index (χ3n) is 10.1. The number of allylic oxidation sites excluding steroid dienone is 3. The molecular weight excluding hydrogens is 702 g/mol. The number of carbonyl (C=O) groups is 4. The molecule has 0 radical (unpaired) electrons. The highest BCUT2D eigenvalue weighted by Gasteiger charge is 2.64. The van der Waals surface area contributed by atoms with E-state index in [0.717, 1.165) is 11.1 Å². The molecule has 3 amide bonds. The SMILES string of the molecule is CO[C@@H]1/C=C/C=C(\C)Cc2cc(CO)c(Cl)c(c2)N(C)C(=O)C[C@H](OC(=O)[C@@H](C)N(C)C(=O)CCSC)C2(C)OC2[C@H](C)C2C[C@@]1(O)NC(=O)O2. The van der Waals surface area contributed by atoms with Crippen molar-refractivity contribution in [2.45, 2.75) is 102 Å². The monoisotopic (exact) mass is 751 g/mol. The lowest BCUT2D eigenvalue weighted by atomic mass is 9.83. The van der Waals surface area contributed by atoms with Crippen molar-refractivity contribution < 1.29 is 48.3 Å². The first-order chi connectivity index (χ1) is 24.0. The number of hydrogen-bond donors (Lipinski definition) is 3. The van der Waals surface area contributed by atoms with Crippen LogP contribution in [0.5, 0.6) is 0 Å². The minimum Gasteiger partial charge on any atom is -0.457 e. The molecule has 4 rings (SSSR count). The highest BCUT2D eigenvalue weighted by atomic mass is 35.5. The second-order valence-electron chi connectivity index (χ2n) is 13.8. The van der Waals surface area contributed by atoms with Crippen molar-refractivity contribution in [1.29, 1.82) is 0 Å². The fourth-order valence-corrected chi connectivity index (χ4v) is 7.32. The number of epoxide rings is 1. The van der Waals surface area contributed by atoms with Gasteiger partial charge in [-0.3, -0.25) is 14.9 Å². The summed E-state index contributed by atoms with van der Waals surface area (Å²) in [5.41, 5.74) is -0.569. The van der Waals surface area contributed by atoms with Gasteiger partial charge < -0.3 is 39.0 Å². The minimum atomic E-state index is -1.83. The number of fused-ring (bicyclic) bond motifs is 5. The standard InChI is InChI=1S/C36H50ClN3O10S/c1-20-10-9-11-27(47-7)36(46)18-26(48-34(45)38-36)21(2)32-35(4,50-32)28(49-33(44)22(3)39(5)29(42)12-13-51-8)17-30(43)40(6)25-16-23(14-20)15-24(19-41)31(25)37/h9-11,15-16,21-22,26-28,32,41,46H,12-14,17-19H2,1-8H3,(H,38,45)/b11-9+,20-10+/t21-,22-,26?,27-,28+,32?,35?,36+/m1/s1. The molecule has 282 valence electrons. The van der Waals surface area contributed by atoms with Crippen molar-refractivity contribution >= 4 is 52.9 Å². The quantitative estimate of drug-likeness (QED) is 0.262. The van der Waals surface area contributed by atoms with E-state index in [9.17, 15) is 29.4 Å². The Morgan fingerprint density at radius 2 is 2.00 bits per heavy atom. The van der Waals surface area contributed by atoms with Crippen LogP contribution in [0.4, 0.5) is 10.5 Å². The van der Waals surface area contributed by atoms with E-state index in [1.54, 1.807) is 52.1 Å². The zero-order valence-electron chi connectivity index (χ0n) is 30.4. The number of rotatable bonds is 8. The van der Waals surface area contributed by atoms with Crippen LogP contribution in [0.15, 0.2) is 35.9 Å². The summed E-state index contributed by atoms with van der Waals surface area (Å²) in [6.45, 7) is 6.60. The number of aliphatic hydroxyl groups is 2. The summed E-state index contributed by atoms with van der Waals surface area (Å²) >= 11 is 8.23. The summed E-state index contributed by atoms with van der Waals surface area (Å²) in [5.74, 6) is -1.34. The lowest BCUT2D eigenvalue weighted by Gasteiger charge is -2.42. The molecule has 15 heteroatoms. The van der Waals surface area contributed by atoms with Crippen LogP contribution in [0.2, 0.25) is 5.02 Å². The lowest BCUT2D eigenvalue weighted by molar-refractivity contribution is -0.162.